The van der Waals surface area contributed by atoms with Crippen molar-refractivity contribution in [1.82, 2.24) is 0 Å². The monoisotopic (exact) mass is 351 g/mol. The molecule has 1 unspecified atom stereocenters. The molecular weight excluding hydrogens is 331 g/mol. The second kappa shape index (κ2) is 8.58. The molecule has 0 amide bonds. The van der Waals surface area contributed by atoms with E-state index < -0.39 is 17.8 Å². The zero-order valence-corrected chi connectivity index (χ0v) is 13.6. The molecule has 0 heterocycles. The van der Waals surface area contributed by atoms with Gasteiger partial charge in [-0.25, -0.2) is 0 Å². The van der Waals surface area contributed by atoms with Gasteiger partial charge in [-0.15, -0.1) is 6.58 Å². The summed E-state index contributed by atoms with van der Waals surface area (Å²) in [6, 6.07) is 12.1. The highest BCUT2D eigenvalue weighted by Crippen LogP contribution is 2.29. The SMILES string of the molecule is C=CCc1ccccc1OCC(O)CNc1ccc(C(F)(F)F)cc1. The van der Waals surface area contributed by atoms with Crippen LogP contribution in [0.3, 0.4) is 0 Å². The zero-order valence-electron chi connectivity index (χ0n) is 13.6. The lowest BCUT2D eigenvalue weighted by atomic mass is 10.1. The Bertz CT molecular complexity index is 684. The molecule has 0 fully saturated rings. The summed E-state index contributed by atoms with van der Waals surface area (Å²) >= 11 is 0. The van der Waals surface area contributed by atoms with Crippen LogP contribution in [0.5, 0.6) is 5.75 Å². The van der Waals surface area contributed by atoms with Crippen molar-refractivity contribution < 1.29 is 23.0 Å². The molecule has 3 nitrogen and oxygen atoms in total. The fourth-order valence-corrected chi connectivity index (χ4v) is 2.23. The molecular formula is C19H20F3NO2. The molecule has 0 aliphatic rings. The van der Waals surface area contributed by atoms with Gasteiger partial charge in [0.15, 0.2) is 0 Å². The van der Waals surface area contributed by atoms with E-state index in [2.05, 4.69) is 11.9 Å². The second-order valence-corrected chi connectivity index (χ2v) is 5.52. The van der Waals surface area contributed by atoms with Gasteiger partial charge in [0, 0.05) is 12.2 Å². The van der Waals surface area contributed by atoms with Crippen LogP contribution in [0, 0.1) is 0 Å². The first-order valence-electron chi connectivity index (χ1n) is 7.81. The Morgan fingerprint density at radius 1 is 1.12 bits per heavy atom. The maximum absolute atomic E-state index is 12.5. The smallest absolute Gasteiger partial charge is 0.416 e. The van der Waals surface area contributed by atoms with E-state index in [1.165, 1.54) is 12.1 Å². The molecule has 134 valence electrons. The van der Waals surface area contributed by atoms with E-state index in [1.54, 1.807) is 6.08 Å². The first-order chi connectivity index (χ1) is 11.9. The number of hydrogen-bond donors (Lipinski definition) is 2. The van der Waals surface area contributed by atoms with Crippen molar-refractivity contribution in [2.45, 2.75) is 18.7 Å². The highest BCUT2D eigenvalue weighted by atomic mass is 19.4. The van der Waals surface area contributed by atoms with E-state index in [0.29, 0.717) is 17.9 Å². The predicted octanol–water partition coefficient (Wildman–Crippen LogP) is 4.29. The number of rotatable bonds is 8. The molecule has 0 spiro atoms. The average molecular weight is 351 g/mol. The van der Waals surface area contributed by atoms with Crippen molar-refractivity contribution in [3.63, 3.8) is 0 Å². The van der Waals surface area contributed by atoms with Crippen molar-refractivity contribution in [2.75, 3.05) is 18.5 Å². The van der Waals surface area contributed by atoms with Gasteiger partial charge in [0.1, 0.15) is 18.5 Å². The van der Waals surface area contributed by atoms with Gasteiger partial charge in [0.05, 0.1) is 5.56 Å². The molecule has 0 radical (unpaired) electrons. The average Bonchev–Trinajstić information content (AvgIpc) is 2.59. The Hall–Kier alpha value is -2.47. The van der Waals surface area contributed by atoms with Crippen LogP contribution in [0.15, 0.2) is 61.2 Å². The summed E-state index contributed by atoms with van der Waals surface area (Å²) in [5.41, 5.74) is 0.764. The maximum atomic E-state index is 12.5. The molecule has 1 atom stereocenters. The number of anilines is 1. The van der Waals surface area contributed by atoms with Crippen molar-refractivity contribution in [3.05, 3.63) is 72.3 Å². The van der Waals surface area contributed by atoms with Crippen LogP contribution in [0.1, 0.15) is 11.1 Å². The third kappa shape index (κ3) is 5.83. The molecule has 6 heteroatoms. The van der Waals surface area contributed by atoms with E-state index >= 15 is 0 Å². The third-order valence-corrected chi connectivity index (χ3v) is 3.52. The number of benzene rings is 2. The summed E-state index contributed by atoms with van der Waals surface area (Å²) in [5, 5.41) is 12.9. The number of aliphatic hydroxyl groups is 1. The molecule has 0 aliphatic heterocycles. The quantitative estimate of drug-likeness (QED) is 0.698. The minimum absolute atomic E-state index is 0.0712. The van der Waals surface area contributed by atoms with Crippen LogP contribution in [0.4, 0.5) is 18.9 Å². The van der Waals surface area contributed by atoms with E-state index in [4.69, 9.17) is 4.74 Å². The van der Waals surface area contributed by atoms with Crippen LogP contribution >= 0.6 is 0 Å². The summed E-state index contributed by atoms with van der Waals surface area (Å²) in [6.07, 6.45) is -2.73. The molecule has 0 saturated heterocycles. The molecule has 2 N–H and O–H groups in total. The fraction of sp³-hybridized carbons (Fsp3) is 0.263. The Balaban J connectivity index is 1.83. The second-order valence-electron chi connectivity index (χ2n) is 5.52. The van der Waals surface area contributed by atoms with Crippen LogP contribution in [0.2, 0.25) is 0 Å². The normalized spacial score (nSPS) is 12.5. The first kappa shape index (κ1) is 18.9. The lowest BCUT2D eigenvalue weighted by Crippen LogP contribution is -2.26. The Morgan fingerprint density at radius 2 is 1.80 bits per heavy atom. The molecule has 25 heavy (non-hydrogen) atoms. The number of aliphatic hydroxyl groups excluding tert-OH is 1. The molecule has 2 aromatic rings. The molecule has 0 aliphatic carbocycles. The summed E-state index contributed by atoms with van der Waals surface area (Å²) in [7, 11) is 0. The first-order valence-corrected chi connectivity index (χ1v) is 7.81. The Kier molecular flexibility index (Phi) is 6.47. The van der Waals surface area contributed by atoms with Gasteiger partial charge >= 0.3 is 6.18 Å². The van der Waals surface area contributed by atoms with Gasteiger partial charge in [-0.2, -0.15) is 13.2 Å². The summed E-state index contributed by atoms with van der Waals surface area (Å²) in [6.45, 7) is 3.92. The number of para-hydroxylation sites is 1. The molecule has 2 rings (SSSR count). The number of alkyl halides is 3. The van der Waals surface area contributed by atoms with Crippen LogP contribution in [-0.4, -0.2) is 24.4 Å². The number of allylic oxidation sites excluding steroid dienone is 1. The van der Waals surface area contributed by atoms with Crippen LogP contribution in [-0.2, 0) is 12.6 Å². The van der Waals surface area contributed by atoms with E-state index in [0.717, 1.165) is 17.7 Å². The van der Waals surface area contributed by atoms with Crippen molar-refractivity contribution in [3.8, 4) is 5.75 Å². The molecule has 0 bridgehead atoms. The van der Waals surface area contributed by atoms with Gasteiger partial charge in [0.25, 0.3) is 0 Å². The summed E-state index contributed by atoms with van der Waals surface area (Å²) in [4.78, 5) is 0. The Morgan fingerprint density at radius 3 is 2.44 bits per heavy atom. The lowest BCUT2D eigenvalue weighted by molar-refractivity contribution is -0.137. The van der Waals surface area contributed by atoms with Crippen LogP contribution in [0.25, 0.3) is 0 Å². The van der Waals surface area contributed by atoms with Gasteiger partial charge < -0.3 is 15.2 Å². The highest BCUT2D eigenvalue weighted by molar-refractivity contribution is 5.45. The van der Waals surface area contributed by atoms with Crippen molar-refractivity contribution in [2.24, 2.45) is 0 Å². The largest absolute Gasteiger partial charge is 0.491 e. The topological polar surface area (TPSA) is 41.5 Å². The van der Waals surface area contributed by atoms with E-state index in [-0.39, 0.29) is 13.2 Å². The summed E-state index contributed by atoms with van der Waals surface area (Å²) in [5.74, 6) is 0.677. The third-order valence-electron chi connectivity index (χ3n) is 3.52. The van der Waals surface area contributed by atoms with E-state index in [9.17, 15) is 18.3 Å². The number of halogens is 3. The van der Waals surface area contributed by atoms with Gasteiger partial charge in [-0.1, -0.05) is 24.3 Å². The minimum atomic E-state index is -4.36. The van der Waals surface area contributed by atoms with E-state index in [1.807, 2.05) is 24.3 Å². The molecule has 0 saturated carbocycles. The van der Waals surface area contributed by atoms with Crippen molar-refractivity contribution >= 4 is 5.69 Å². The van der Waals surface area contributed by atoms with Gasteiger partial charge in [0.2, 0.25) is 0 Å². The lowest BCUT2D eigenvalue weighted by Gasteiger charge is -2.16. The van der Waals surface area contributed by atoms with Crippen LogP contribution < -0.4 is 10.1 Å². The minimum Gasteiger partial charge on any atom is -0.491 e. The fourth-order valence-electron chi connectivity index (χ4n) is 2.23. The molecule has 0 aromatic heterocycles. The highest BCUT2D eigenvalue weighted by Gasteiger charge is 2.29. The van der Waals surface area contributed by atoms with Gasteiger partial charge in [-0.05, 0) is 42.3 Å². The zero-order chi connectivity index (χ0) is 18.3. The predicted molar refractivity (Wildman–Crippen MR) is 91.8 cm³/mol. The number of ether oxygens (including phenoxy) is 1. The molecule has 2 aromatic carbocycles. The Labute approximate surface area is 144 Å². The van der Waals surface area contributed by atoms with Gasteiger partial charge in [-0.3, -0.25) is 0 Å². The summed E-state index contributed by atoms with van der Waals surface area (Å²) < 4.78 is 43.1. The number of hydrogen-bond acceptors (Lipinski definition) is 3. The maximum Gasteiger partial charge on any atom is 0.416 e. The standard InChI is InChI=1S/C19H20F3NO2/c1-2-5-14-6-3-4-7-18(14)25-13-17(24)12-23-16-10-8-15(9-11-16)19(20,21)22/h2-4,6-11,17,23-24H,1,5,12-13H2. The number of nitrogens with one attached hydrogen (secondary N) is 1. The van der Waals surface area contributed by atoms with Crippen molar-refractivity contribution in [1.29, 1.82) is 0 Å².